The number of allylic oxidation sites excluding steroid dienone is 4. The average Bonchev–Trinajstić information content (AvgIpc) is 2.24. The number of para-hydroxylation sites is 1. The molecule has 1 amide bonds. The maximum atomic E-state index is 11.4. The summed E-state index contributed by atoms with van der Waals surface area (Å²) in [7, 11) is 0. The summed E-state index contributed by atoms with van der Waals surface area (Å²) in [5.74, 6) is -0.154. The Morgan fingerprint density at radius 3 is 2.69 bits per heavy atom. The maximum Gasteiger partial charge on any atom is 0.248 e. The fraction of sp³-hybridized carbons (Fsp3) is 0. The van der Waals surface area contributed by atoms with Crippen molar-refractivity contribution in [1.82, 2.24) is 5.32 Å². The van der Waals surface area contributed by atoms with Gasteiger partial charge in [-0.1, -0.05) is 36.4 Å². The van der Waals surface area contributed by atoms with Crippen molar-refractivity contribution in [1.29, 1.82) is 0 Å². The molecule has 0 atom stereocenters. The molecule has 3 nitrogen and oxygen atoms in total. The summed E-state index contributed by atoms with van der Waals surface area (Å²) in [5, 5.41) is 2.78. The van der Waals surface area contributed by atoms with E-state index in [2.05, 4.69) is 5.32 Å². The van der Waals surface area contributed by atoms with Crippen LogP contribution in [0.25, 0.3) is 5.70 Å². The molecule has 0 aromatic heterocycles. The van der Waals surface area contributed by atoms with Gasteiger partial charge in [0.1, 0.15) is 0 Å². The average molecular weight is 212 g/mol. The van der Waals surface area contributed by atoms with Crippen molar-refractivity contribution in [3.8, 4) is 0 Å². The van der Waals surface area contributed by atoms with Gasteiger partial charge < -0.3 is 11.1 Å². The van der Waals surface area contributed by atoms with Gasteiger partial charge in [-0.2, -0.15) is 0 Å². The summed E-state index contributed by atoms with van der Waals surface area (Å²) in [6.45, 7) is 0. The predicted octanol–water partition coefficient (Wildman–Crippen LogP) is 1.85. The van der Waals surface area contributed by atoms with E-state index in [0.29, 0.717) is 11.4 Å². The Bertz CT molecular complexity index is 498. The minimum Gasteiger partial charge on any atom is -0.398 e. The van der Waals surface area contributed by atoms with Crippen LogP contribution in [0.2, 0.25) is 0 Å². The van der Waals surface area contributed by atoms with Crippen molar-refractivity contribution >= 4 is 17.3 Å². The molecule has 0 unspecified atom stereocenters. The van der Waals surface area contributed by atoms with Crippen LogP contribution in [0.3, 0.4) is 0 Å². The molecule has 0 saturated carbocycles. The second kappa shape index (κ2) is 4.49. The van der Waals surface area contributed by atoms with Crippen LogP contribution in [0.15, 0.2) is 54.6 Å². The molecule has 1 aromatic rings. The van der Waals surface area contributed by atoms with Crippen LogP contribution >= 0.6 is 0 Å². The van der Waals surface area contributed by atoms with Crippen molar-refractivity contribution in [3.63, 3.8) is 0 Å². The third-order valence-electron chi connectivity index (χ3n) is 2.24. The van der Waals surface area contributed by atoms with Gasteiger partial charge in [0.15, 0.2) is 0 Å². The van der Waals surface area contributed by atoms with Crippen LogP contribution in [-0.4, -0.2) is 5.91 Å². The molecule has 3 heteroatoms. The molecule has 3 N–H and O–H groups in total. The minimum atomic E-state index is -0.154. The lowest BCUT2D eigenvalue weighted by Crippen LogP contribution is -2.20. The Kier molecular flexibility index (Phi) is 2.87. The number of amides is 1. The van der Waals surface area contributed by atoms with Crippen LogP contribution in [-0.2, 0) is 4.79 Å². The molecule has 0 aliphatic carbocycles. The molecule has 1 aliphatic heterocycles. The molecular weight excluding hydrogens is 200 g/mol. The zero-order chi connectivity index (χ0) is 11.4. The summed E-state index contributed by atoms with van der Waals surface area (Å²) in [5.41, 5.74) is 8.04. The van der Waals surface area contributed by atoms with Gasteiger partial charge in [-0.3, -0.25) is 4.79 Å². The molecule has 1 aliphatic rings. The Morgan fingerprint density at radius 1 is 1.06 bits per heavy atom. The van der Waals surface area contributed by atoms with Gasteiger partial charge in [0.2, 0.25) is 5.91 Å². The molecule has 0 fully saturated rings. The summed E-state index contributed by atoms with van der Waals surface area (Å²) >= 11 is 0. The number of benzene rings is 1. The fourth-order valence-electron chi connectivity index (χ4n) is 1.47. The quantitative estimate of drug-likeness (QED) is 0.698. The monoisotopic (exact) mass is 212 g/mol. The van der Waals surface area contributed by atoms with Gasteiger partial charge in [0.05, 0.1) is 5.70 Å². The first-order valence-corrected chi connectivity index (χ1v) is 4.98. The summed E-state index contributed by atoms with van der Waals surface area (Å²) in [6, 6.07) is 7.43. The molecule has 0 saturated heterocycles. The van der Waals surface area contributed by atoms with Crippen LogP contribution < -0.4 is 11.1 Å². The van der Waals surface area contributed by atoms with Crippen molar-refractivity contribution < 1.29 is 4.79 Å². The summed E-state index contributed by atoms with van der Waals surface area (Å²) < 4.78 is 0. The van der Waals surface area contributed by atoms with E-state index in [0.717, 1.165) is 5.56 Å². The zero-order valence-electron chi connectivity index (χ0n) is 8.68. The first-order chi connectivity index (χ1) is 7.77. The second-order valence-corrected chi connectivity index (χ2v) is 3.40. The normalized spacial score (nSPS) is 22.2. The number of anilines is 1. The Labute approximate surface area is 94.0 Å². The van der Waals surface area contributed by atoms with Crippen molar-refractivity contribution in [2.45, 2.75) is 0 Å². The summed E-state index contributed by atoms with van der Waals surface area (Å²) in [4.78, 5) is 11.4. The molecule has 0 radical (unpaired) electrons. The minimum absolute atomic E-state index is 0.154. The molecule has 1 aromatic carbocycles. The highest BCUT2D eigenvalue weighted by Gasteiger charge is 2.07. The Hall–Kier alpha value is -2.29. The van der Waals surface area contributed by atoms with Crippen LogP contribution in [0.5, 0.6) is 0 Å². The van der Waals surface area contributed by atoms with E-state index in [4.69, 9.17) is 5.73 Å². The number of rotatable bonds is 1. The van der Waals surface area contributed by atoms with E-state index >= 15 is 0 Å². The van der Waals surface area contributed by atoms with Crippen LogP contribution in [0, 0.1) is 0 Å². The van der Waals surface area contributed by atoms with Gasteiger partial charge in [-0.15, -0.1) is 0 Å². The summed E-state index contributed by atoms with van der Waals surface area (Å²) in [6.07, 6.45) is 8.66. The highest BCUT2D eigenvalue weighted by atomic mass is 16.1. The first-order valence-electron chi connectivity index (χ1n) is 4.98. The standard InChI is InChI=1S/C13H12N2O/c14-11-7-5-4-6-10(11)12-8-2-1-3-9-13(16)15-12/h1-9H,14H2,(H,15,16). The predicted molar refractivity (Wildman–Crippen MR) is 65.3 cm³/mol. The number of carbonyl (C=O) groups is 1. The van der Waals surface area contributed by atoms with E-state index in [9.17, 15) is 4.79 Å². The van der Waals surface area contributed by atoms with Gasteiger partial charge in [-0.25, -0.2) is 0 Å². The molecule has 16 heavy (non-hydrogen) atoms. The number of hydrogen-bond donors (Lipinski definition) is 2. The second-order valence-electron chi connectivity index (χ2n) is 3.40. The smallest absolute Gasteiger partial charge is 0.248 e. The fourth-order valence-corrected chi connectivity index (χ4v) is 1.47. The lowest BCUT2D eigenvalue weighted by atomic mass is 10.1. The van der Waals surface area contributed by atoms with Gasteiger partial charge >= 0.3 is 0 Å². The molecule has 0 spiro atoms. The molecule has 2 rings (SSSR count). The maximum absolute atomic E-state index is 11.4. The zero-order valence-corrected chi connectivity index (χ0v) is 8.68. The van der Waals surface area contributed by atoms with Crippen molar-refractivity contribution in [2.24, 2.45) is 0 Å². The molecular formula is C13H12N2O. The highest BCUT2D eigenvalue weighted by molar-refractivity contribution is 5.96. The topological polar surface area (TPSA) is 55.1 Å². The van der Waals surface area contributed by atoms with E-state index in [-0.39, 0.29) is 5.91 Å². The third kappa shape index (κ3) is 2.20. The number of nitrogens with two attached hydrogens (primary N) is 1. The number of hydrogen-bond acceptors (Lipinski definition) is 2. The highest BCUT2D eigenvalue weighted by Crippen LogP contribution is 2.19. The number of carbonyl (C=O) groups excluding carboxylic acids is 1. The lowest BCUT2D eigenvalue weighted by molar-refractivity contribution is -0.115. The van der Waals surface area contributed by atoms with E-state index in [1.807, 2.05) is 30.4 Å². The van der Waals surface area contributed by atoms with Gasteiger partial charge in [0.25, 0.3) is 0 Å². The van der Waals surface area contributed by atoms with Crippen molar-refractivity contribution in [3.05, 3.63) is 60.2 Å². The third-order valence-corrected chi connectivity index (χ3v) is 2.24. The SMILES string of the molecule is Nc1ccccc1/C1=C/C=C\C=C/C(=O)N1. The van der Waals surface area contributed by atoms with Gasteiger partial charge in [0, 0.05) is 17.3 Å². The Morgan fingerprint density at radius 2 is 1.88 bits per heavy atom. The van der Waals surface area contributed by atoms with Crippen molar-refractivity contribution in [2.75, 3.05) is 5.73 Å². The van der Waals surface area contributed by atoms with E-state index < -0.39 is 0 Å². The van der Waals surface area contributed by atoms with E-state index in [1.54, 1.807) is 18.2 Å². The number of nitrogens with one attached hydrogen (secondary N) is 1. The van der Waals surface area contributed by atoms with Gasteiger partial charge in [-0.05, 0) is 12.1 Å². The van der Waals surface area contributed by atoms with E-state index in [1.165, 1.54) is 6.08 Å². The molecule has 80 valence electrons. The first kappa shape index (κ1) is 10.2. The molecule has 1 heterocycles. The van der Waals surface area contributed by atoms with Crippen LogP contribution in [0.4, 0.5) is 5.69 Å². The largest absolute Gasteiger partial charge is 0.398 e. The van der Waals surface area contributed by atoms with Crippen LogP contribution in [0.1, 0.15) is 5.56 Å². The molecule has 0 bridgehead atoms. The Balaban J connectivity index is 2.40. The number of nitrogen functional groups attached to an aromatic ring is 1. The lowest BCUT2D eigenvalue weighted by Gasteiger charge is -2.11.